The predicted octanol–water partition coefficient (Wildman–Crippen LogP) is 12.0. The van der Waals surface area contributed by atoms with Crippen LogP contribution in [0.15, 0.2) is 173 Å². The number of furan rings is 2. The maximum absolute atomic E-state index is 6.68. The Labute approximate surface area is 287 Å². The number of hydrogen-bond acceptors (Lipinski definition) is 5. The number of nitrogens with zero attached hydrogens (tertiary/aromatic N) is 3. The lowest BCUT2D eigenvalue weighted by molar-refractivity contribution is 0.669. The van der Waals surface area contributed by atoms with E-state index in [1.807, 2.05) is 103 Å². The van der Waals surface area contributed by atoms with Gasteiger partial charge in [0, 0.05) is 27.1 Å². The molecule has 10 aromatic rings. The van der Waals surface area contributed by atoms with E-state index in [1.165, 1.54) is 0 Å². The molecular formula is C45H27N3O2. The van der Waals surface area contributed by atoms with Gasteiger partial charge < -0.3 is 8.83 Å². The smallest absolute Gasteiger partial charge is 0.168 e. The summed E-state index contributed by atoms with van der Waals surface area (Å²) >= 11 is 0. The van der Waals surface area contributed by atoms with Crippen molar-refractivity contribution in [3.63, 3.8) is 0 Å². The van der Waals surface area contributed by atoms with E-state index in [-0.39, 0.29) is 0 Å². The summed E-state index contributed by atoms with van der Waals surface area (Å²) in [6, 6.07) is 55.6. The summed E-state index contributed by atoms with van der Waals surface area (Å²) < 4.78 is 13.4. The van der Waals surface area contributed by atoms with Crippen molar-refractivity contribution < 1.29 is 8.83 Å². The average molecular weight is 642 g/mol. The topological polar surface area (TPSA) is 65.0 Å². The fourth-order valence-corrected chi connectivity index (χ4v) is 7.05. The van der Waals surface area contributed by atoms with Gasteiger partial charge in [0.25, 0.3) is 0 Å². The first kappa shape index (κ1) is 28.2. The maximum Gasteiger partial charge on any atom is 0.168 e. The largest absolute Gasteiger partial charge is 0.455 e. The molecule has 0 saturated carbocycles. The van der Waals surface area contributed by atoms with Crippen LogP contribution in [-0.2, 0) is 0 Å². The van der Waals surface area contributed by atoms with Gasteiger partial charge in [0.1, 0.15) is 22.3 Å². The summed E-state index contributed by atoms with van der Waals surface area (Å²) in [6.07, 6.45) is 0. The zero-order valence-electron chi connectivity index (χ0n) is 26.7. The fraction of sp³-hybridized carbons (Fsp3) is 0. The first-order chi connectivity index (χ1) is 24.8. The van der Waals surface area contributed by atoms with Crippen molar-refractivity contribution in [1.82, 2.24) is 15.0 Å². The van der Waals surface area contributed by atoms with Gasteiger partial charge in [-0.15, -0.1) is 0 Å². The monoisotopic (exact) mass is 641 g/mol. The van der Waals surface area contributed by atoms with Gasteiger partial charge in [-0.3, -0.25) is 0 Å². The van der Waals surface area contributed by atoms with Gasteiger partial charge >= 0.3 is 0 Å². The zero-order chi connectivity index (χ0) is 33.0. The van der Waals surface area contributed by atoms with Crippen LogP contribution in [0.1, 0.15) is 0 Å². The van der Waals surface area contributed by atoms with Gasteiger partial charge in [-0.25, -0.2) is 15.0 Å². The molecule has 0 aliphatic heterocycles. The van der Waals surface area contributed by atoms with E-state index in [9.17, 15) is 0 Å². The molecule has 50 heavy (non-hydrogen) atoms. The molecule has 0 aliphatic carbocycles. The van der Waals surface area contributed by atoms with Crippen molar-refractivity contribution in [2.24, 2.45) is 0 Å². The first-order valence-corrected chi connectivity index (χ1v) is 16.6. The number of rotatable bonds is 5. The molecule has 0 spiro atoms. The van der Waals surface area contributed by atoms with Crippen molar-refractivity contribution in [1.29, 1.82) is 0 Å². The molecule has 0 fully saturated rings. The van der Waals surface area contributed by atoms with E-state index < -0.39 is 0 Å². The molecule has 0 unspecified atom stereocenters. The molecule has 0 atom stereocenters. The van der Waals surface area contributed by atoms with Crippen LogP contribution < -0.4 is 0 Å². The minimum atomic E-state index is 0.518. The summed E-state index contributed by atoms with van der Waals surface area (Å²) in [5.41, 5.74) is 9.60. The molecule has 0 bridgehead atoms. The Morgan fingerprint density at radius 1 is 0.300 bits per heavy atom. The third-order valence-electron chi connectivity index (χ3n) is 9.38. The summed E-state index contributed by atoms with van der Waals surface area (Å²) in [5.74, 6) is 1.60. The summed E-state index contributed by atoms with van der Waals surface area (Å²) in [4.78, 5) is 15.8. The fourth-order valence-electron chi connectivity index (χ4n) is 7.05. The van der Waals surface area contributed by atoms with E-state index in [0.29, 0.717) is 17.5 Å². The van der Waals surface area contributed by atoms with E-state index in [1.54, 1.807) is 0 Å². The van der Waals surface area contributed by atoms with E-state index >= 15 is 0 Å². The lowest BCUT2D eigenvalue weighted by Gasteiger charge is -2.14. The lowest BCUT2D eigenvalue weighted by atomic mass is 9.95. The molecule has 0 radical (unpaired) electrons. The lowest BCUT2D eigenvalue weighted by Crippen LogP contribution is -2.02. The second-order valence-electron chi connectivity index (χ2n) is 12.3. The van der Waals surface area contributed by atoms with Crippen LogP contribution in [0.2, 0.25) is 0 Å². The molecule has 5 nitrogen and oxygen atoms in total. The normalized spacial score (nSPS) is 11.6. The highest BCUT2D eigenvalue weighted by Gasteiger charge is 2.25. The average Bonchev–Trinajstić information content (AvgIpc) is 3.76. The molecule has 10 rings (SSSR count). The molecule has 0 aliphatic rings. The molecule has 3 heterocycles. The quantitative estimate of drug-likeness (QED) is 0.187. The maximum atomic E-state index is 6.68. The number of para-hydroxylation sites is 2. The van der Waals surface area contributed by atoms with E-state index in [0.717, 1.165) is 82.8 Å². The Morgan fingerprint density at radius 3 is 1.14 bits per heavy atom. The first-order valence-electron chi connectivity index (χ1n) is 16.6. The second kappa shape index (κ2) is 11.4. The summed E-state index contributed by atoms with van der Waals surface area (Å²) in [7, 11) is 0. The van der Waals surface area contributed by atoms with Gasteiger partial charge in [-0.2, -0.15) is 0 Å². The van der Waals surface area contributed by atoms with Gasteiger partial charge in [-0.05, 0) is 46.5 Å². The number of fused-ring (bicyclic) bond motifs is 6. The second-order valence-corrected chi connectivity index (χ2v) is 12.3. The highest BCUT2D eigenvalue weighted by atomic mass is 16.3. The summed E-state index contributed by atoms with van der Waals surface area (Å²) in [5, 5.41) is 4.09. The van der Waals surface area contributed by atoms with Crippen LogP contribution in [0.5, 0.6) is 0 Å². The zero-order valence-corrected chi connectivity index (χ0v) is 26.7. The summed E-state index contributed by atoms with van der Waals surface area (Å²) in [6.45, 7) is 0. The van der Waals surface area contributed by atoms with Crippen LogP contribution in [0.3, 0.4) is 0 Å². The molecule has 3 aromatic heterocycles. The van der Waals surface area contributed by atoms with Crippen molar-refractivity contribution in [3.05, 3.63) is 164 Å². The van der Waals surface area contributed by atoms with Crippen molar-refractivity contribution in [3.8, 4) is 56.4 Å². The van der Waals surface area contributed by atoms with Crippen LogP contribution in [0.25, 0.3) is 100 Å². The van der Waals surface area contributed by atoms with Crippen molar-refractivity contribution in [2.75, 3.05) is 0 Å². The number of benzene rings is 7. The minimum Gasteiger partial charge on any atom is -0.455 e. The Kier molecular flexibility index (Phi) is 6.42. The minimum absolute atomic E-state index is 0.518. The third-order valence-corrected chi connectivity index (χ3v) is 9.38. The molecule has 234 valence electrons. The van der Waals surface area contributed by atoms with Crippen molar-refractivity contribution >= 4 is 43.9 Å². The highest BCUT2D eigenvalue weighted by Crippen LogP contribution is 2.44. The Morgan fingerprint density at radius 2 is 0.680 bits per heavy atom. The van der Waals surface area contributed by atoms with Crippen LogP contribution in [-0.4, -0.2) is 15.0 Å². The Hall–Kier alpha value is -6.85. The Bertz CT molecular complexity index is 2680. The number of hydrogen-bond donors (Lipinski definition) is 0. The third kappa shape index (κ3) is 4.52. The predicted molar refractivity (Wildman–Crippen MR) is 202 cm³/mol. The molecule has 7 aromatic carbocycles. The van der Waals surface area contributed by atoms with Gasteiger partial charge in [0.15, 0.2) is 17.5 Å². The molecule has 0 saturated heterocycles. The van der Waals surface area contributed by atoms with E-state index in [4.69, 9.17) is 23.8 Å². The van der Waals surface area contributed by atoms with Crippen LogP contribution in [0.4, 0.5) is 0 Å². The van der Waals surface area contributed by atoms with Gasteiger partial charge in [0.2, 0.25) is 0 Å². The molecule has 0 N–H and O–H groups in total. The van der Waals surface area contributed by atoms with Crippen LogP contribution in [0, 0.1) is 0 Å². The van der Waals surface area contributed by atoms with Gasteiger partial charge in [-0.1, -0.05) is 140 Å². The Balaban J connectivity index is 1.35. The van der Waals surface area contributed by atoms with E-state index in [2.05, 4.69) is 60.7 Å². The highest BCUT2D eigenvalue weighted by molar-refractivity contribution is 6.14. The molecule has 5 heteroatoms. The van der Waals surface area contributed by atoms with Gasteiger partial charge in [0.05, 0.1) is 11.1 Å². The standard InChI is InChI=1S/C45H27N3O2/c1-4-14-28(15-5-1)31-24-26-35-33-20-10-12-22-37(33)49-41(35)39(31)44-46-43(30-18-8-3-9-19-30)47-45(48-44)40-32(29-16-6-2-7-17-29)25-27-36-34-21-11-13-23-38(34)50-42(36)40/h1-27H. The molecular weight excluding hydrogens is 615 g/mol. The SMILES string of the molecule is c1ccc(-c2nc(-c3c(-c4ccccc4)ccc4c3oc3ccccc34)nc(-c3c(-c4ccccc4)ccc4c3oc3ccccc34)n2)cc1. The molecule has 0 amide bonds. The number of aromatic nitrogens is 3. The van der Waals surface area contributed by atoms with Crippen molar-refractivity contribution in [2.45, 2.75) is 0 Å². The van der Waals surface area contributed by atoms with Crippen LogP contribution >= 0.6 is 0 Å².